The van der Waals surface area contributed by atoms with Crippen molar-refractivity contribution in [2.45, 2.75) is 32.0 Å². The van der Waals surface area contributed by atoms with Gasteiger partial charge in [-0.3, -0.25) is 28.7 Å². The van der Waals surface area contributed by atoms with Crippen molar-refractivity contribution >= 4 is 40.7 Å². The molecule has 0 aliphatic carbocycles. The van der Waals surface area contributed by atoms with Gasteiger partial charge in [-0.15, -0.1) is 0 Å². The van der Waals surface area contributed by atoms with E-state index in [1.807, 2.05) is 47.4 Å². The van der Waals surface area contributed by atoms with Crippen LogP contribution < -0.4 is 20.9 Å². The summed E-state index contributed by atoms with van der Waals surface area (Å²) in [5.74, 6) is -0.778. The molecule has 2 saturated heterocycles. The summed E-state index contributed by atoms with van der Waals surface area (Å²) in [6, 6.07) is 15.0. The molecule has 50 heavy (non-hydrogen) atoms. The van der Waals surface area contributed by atoms with Crippen molar-refractivity contribution in [2.75, 3.05) is 26.7 Å². The van der Waals surface area contributed by atoms with Gasteiger partial charge in [0.05, 0.1) is 40.5 Å². The number of nitrogens with zero attached hydrogens (tertiary/aromatic N) is 5. The van der Waals surface area contributed by atoms with Crippen molar-refractivity contribution < 1.29 is 19.4 Å². The predicted octanol–water partition coefficient (Wildman–Crippen LogP) is 4.69. The number of hydrogen-bond donors (Lipinski definition) is 3. The lowest BCUT2D eigenvalue weighted by atomic mass is 9.97. The fraction of sp³-hybridized carbons (Fsp3) is 0.278. The molecule has 5 aromatic rings. The fourth-order valence-electron chi connectivity index (χ4n) is 6.39. The number of methoxy groups -OCH3 is 1. The third-order valence-electron chi connectivity index (χ3n) is 9.13. The van der Waals surface area contributed by atoms with E-state index in [1.165, 1.54) is 4.40 Å². The molecular formula is C36H33Cl2N7O5. The highest BCUT2D eigenvalue weighted by atomic mass is 35.5. The van der Waals surface area contributed by atoms with Gasteiger partial charge in [-0.1, -0.05) is 59.6 Å². The lowest BCUT2D eigenvalue weighted by Crippen LogP contribution is -2.50. The SMILES string of the molecule is COc1nc(-c2cccc(-c3cccc(-c4ccn5c(=O)c(CN6CC(C(=O)O)C6)cnc5c4)c3Cl)c2Cl)cnc1CNC[C@H]1CCC(=O)N1. The lowest BCUT2D eigenvalue weighted by Gasteiger charge is -2.36. The molecule has 2 aromatic carbocycles. The predicted molar refractivity (Wildman–Crippen MR) is 189 cm³/mol. The molecule has 0 spiro atoms. The molecular weight excluding hydrogens is 681 g/mol. The molecule has 3 aromatic heterocycles. The Morgan fingerprint density at radius 3 is 2.44 bits per heavy atom. The summed E-state index contributed by atoms with van der Waals surface area (Å²) in [5.41, 5.74) is 5.51. The monoisotopic (exact) mass is 713 g/mol. The van der Waals surface area contributed by atoms with Crippen molar-refractivity contribution in [3.8, 4) is 39.4 Å². The minimum absolute atomic E-state index is 0.0721. The Kier molecular flexibility index (Phi) is 9.52. The fourth-order valence-corrected chi connectivity index (χ4v) is 7.05. The minimum Gasteiger partial charge on any atom is -0.481 e. The molecule has 2 fully saturated rings. The number of rotatable bonds is 11. The van der Waals surface area contributed by atoms with Gasteiger partial charge in [0.2, 0.25) is 11.8 Å². The van der Waals surface area contributed by atoms with Crippen LogP contribution in [0.25, 0.3) is 39.2 Å². The molecule has 0 unspecified atom stereocenters. The number of benzene rings is 2. The van der Waals surface area contributed by atoms with Crippen LogP contribution in [-0.4, -0.2) is 74.0 Å². The van der Waals surface area contributed by atoms with E-state index in [1.54, 1.807) is 31.8 Å². The number of nitrogens with one attached hydrogen (secondary N) is 2. The van der Waals surface area contributed by atoms with Crippen LogP contribution in [0.5, 0.6) is 5.88 Å². The molecule has 0 saturated carbocycles. The number of pyridine rings is 1. The number of carbonyl (C=O) groups excluding carboxylic acids is 1. The van der Waals surface area contributed by atoms with Gasteiger partial charge in [-0.25, -0.2) is 9.97 Å². The van der Waals surface area contributed by atoms with Crippen molar-refractivity contribution in [3.63, 3.8) is 0 Å². The first kappa shape index (κ1) is 33.6. The number of fused-ring (bicyclic) bond motifs is 1. The normalized spacial score (nSPS) is 16.4. The molecule has 7 rings (SSSR count). The number of aliphatic carboxylic acids is 1. The molecule has 5 heterocycles. The zero-order valence-corrected chi connectivity index (χ0v) is 28.5. The highest BCUT2D eigenvalue weighted by molar-refractivity contribution is 6.39. The first-order chi connectivity index (χ1) is 24.2. The number of halogens is 2. The second-order valence-electron chi connectivity index (χ2n) is 12.4. The van der Waals surface area contributed by atoms with Gasteiger partial charge in [0, 0.05) is 79.8 Å². The van der Waals surface area contributed by atoms with E-state index in [2.05, 4.69) is 20.6 Å². The van der Waals surface area contributed by atoms with Crippen molar-refractivity contribution in [1.82, 2.24) is 34.9 Å². The molecule has 2 aliphatic rings. The Labute approximate surface area is 297 Å². The largest absolute Gasteiger partial charge is 0.481 e. The Hall–Kier alpha value is -4.88. The van der Waals surface area contributed by atoms with E-state index in [9.17, 15) is 14.4 Å². The van der Waals surface area contributed by atoms with Gasteiger partial charge in [-0.2, -0.15) is 0 Å². The molecule has 1 amide bonds. The summed E-state index contributed by atoms with van der Waals surface area (Å²) in [6.07, 6.45) is 6.23. The van der Waals surface area contributed by atoms with Crippen LogP contribution in [0.4, 0.5) is 0 Å². The van der Waals surface area contributed by atoms with Gasteiger partial charge < -0.3 is 20.5 Å². The zero-order valence-electron chi connectivity index (χ0n) is 27.0. The average molecular weight is 715 g/mol. The maximum Gasteiger partial charge on any atom is 0.309 e. The maximum atomic E-state index is 13.2. The third-order valence-corrected chi connectivity index (χ3v) is 9.94. The molecule has 14 heteroatoms. The van der Waals surface area contributed by atoms with Crippen molar-refractivity contribution in [3.05, 3.63) is 98.8 Å². The van der Waals surface area contributed by atoms with Crippen molar-refractivity contribution in [2.24, 2.45) is 5.92 Å². The zero-order chi connectivity index (χ0) is 34.9. The number of carbonyl (C=O) groups is 2. The molecule has 0 bridgehead atoms. The van der Waals surface area contributed by atoms with Crippen LogP contribution in [0.1, 0.15) is 24.1 Å². The summed E-state index contributed by atoms with van der Waals surface area (Å²) < 4.78 is 7.05. The van der Waals surface area contributed by atoms with Crippen LogP contribution >= 0.6 is 23.2 Å². The molecule has 3 N–H and O–H groups in total. The number of carboxylic acid groups (broad SMARTS) is 1. The van der Waals surface area contributed by atoms with E-state index >= 15 is 0 Å². The van der Waals surface area contributed by atoms with Gasteiger partial charge in [-0.05, 0) is 24.1 Å². The number of aromatic nitrogens is 4. The molecule has 0 radical (unpaired) electrons. The summed E-state index contributed by atoms with van der Waals surface area (Å²) in [4.78, 5) is 51.6. The topological polar surface area (TPSA) is 151 Å². The number of carboxylic acids is 1. The van der Waals surface area contributed by atoms with Crippen LogP contribution in [0.2, 0.25) is 10.0 Å². The number of hydrogen-bond acceptors (Lipinski definition) is 9. The Morgan fingerprint density at radius 1 is 1.02 bits per heavy atom. The second-order valence-corrected chi connectivity index (χ2v) is 13.2. The number of likely N-dealkylation sites (tertiary alicyclic amines) is 1. The second kappa shape index (κ2) is 14.2. The Bertz CT molecular complexity index is 2190. The van der Waals surface area contributed by atoms with E-state index in [0.29, 0.717) is 94.4 Å². The van der Waals surface area contributed by atoms with Crippen LogP contribution in [-0.2, 0) is 22.7 Å². The minimum atomic E-state index is -0.821. The quantitative estimate of drug-likeness (QED) is 0.176. The molecule has 2 aliphatic heterocycles. The lowest BCUT2D eigenvalue weighted by molar-refractivity contribution is -0.147. The third kappa shape index (κ3) is 6.67. The van der Waals surface area contributed by atoms with E-state index in [0.717, 1.165) is 17.5 Å². The van der Waals surface area contributed by atoms with Gasteiger partial charge >= 0.3 is 5.97 Å². The summed E-state index contributed by atoms with van der Waals surface area (Å²) in [7, 11) is 1.54. The first-order valence-electron chi connectivity index (χ1n) is 16.1. The van der Waals surface area contributed by atoms with Crippen LogP contribution in [0.3, 0.4) is 0 Å². The van der Waals surface area contributed by atoms with Crippen molar-refractivity contribution in [1.29, 1.82) is 0 Å². The van der Waals surface area contributed by atoms with Gasteiger partial charge in [0.15, 0.2) is 0 Å². The molecule has 1 atom stereocenters. The Morgan fingerprint density at radius 2 is 1.74 bits per heavy atom. The maximum absolute atomic E-state index is 13.2. The highest BCUT2D eigenvalue weighted by Gasteiger charge is 2.32. The average Bonchev–Trinajstić information content (AvgIpc) is 3.51. The van der Waals surface area contributed by atoms with Crippen LogP contribution in [0, 0.1) is 5.92 Å². The number of amides is 1. The Balaban J connectivity index is 1.12. The number of ether oxygens (including phenoxy) is 1. The molecule has 12 nitrogen and oxygen atoms in total. The highest BCUT2D eigenvalue weighted by Crippen LogP contribution is 2.42. The van der Waals surface area contributed by atoms with E-state index < -0.39 is 11.9 Å². The molecule has 256 valence electrons. The first-order valence-corrected chi connectivity index (χ1v) is 16.9. The van der Waals surface area contributed by atoms with E-state index in [4.69, 9.17) is 38.0 Å². The standard InChI is InChI=1S/C36H33Cl2N7O5/c1-50-34-29(15-39-14-23-8-9-31(46)42-23)40-16-28(43-34)27-7-3-6-26(33(27)38)25-5-2-4-24(32(25)37)20-10-11-45-30(12-20)41-13-21(35(45)47)17-44-18-22(19-44)36(48)49/h2-7,10-13,16,22-23,39H,8-9,14-15,17-19H2,1H3,(H,42,46)(H,48,49)/t23-/m1/s1. The smallest absolute Gasteiger partial charge is 0.309 e. The van der Waals surface area contributed by atoms with E-state index in [-0.39, 0.29) is 17.5 Å². The van der Waals surface area contributed by atoms with Crippen LogP contribution in [0.15, 0.2) is 71.9 Å². The van der Waals surface area contributed by atoms with Gasteiger partial charge in [0.1, 0.15) is 11.3 Å². The van der Waals surface area contributed by atoms with Gasteiger partial charge in [0.25, 0.3) is 5.56 Å². The summed E-state index contributed by atoms with van der Waals surface area (Å²) in [5, 5.41) is 16.3. The summed E-state index contributed by atoms with van der Waals surface area (Å²) >= 11 is 14.1. The summed E-state index contributed by atoms with van der Waals surface area (Å²) in [6.45, 7) is 2.21.